The van der Waals surface area contributed by atoms with Crippen molar-refractivity contribution in [3.05, 3.63) is 35.4 Å². The number of halogens is 4. The van der Waals surface area contributed by atoms with Crippen molar-refractivity contribution in [2.75, 3.05) is 0 Å². The number of hydrogen-bond donors (Lipinski definition) is 0. The third-order valence-electron chi connectivity index (χ3n) is 1.66. The average molecular weight is 228 g/mol. The molecule has 0 saturated carbocycles. The van der Waals surface area contributed by atoms with E-state index >= 15 is 0 Å². The van der Waals surface area contributed by atoms with Gasteiger partial charge in [-0.15, -0.1) is 11.6 Å². The molecule has 14 heavy (non-hydrogen) atoms. The highest BCUT2D eigenvalue weighted by molar-refractivity contribution is 6.20. The van der Waals surface area contributed by atoms with Crippen LogP contribution in [0.1, 0.15) is 36.6 Å². The Hall–Kier alpha value is -0.700. The molecule has 4 heteroatoms. The minimum atomic E-state index is -4.51. The van der Waals surface area contributed by atoms with Crippen molar-refractivity contribution in [2.24, 2.45) is 0 Å². The Bertz CT molecular complexity index is 438. The molecule has 0 bridgehead atoms. The molecule has 0 amide bonds. The van der Waals surface area contributed by atoms with Crippen LogP contribution in [0.5, 0.6) is 0 Å². The molecule has 1 atom stereocenters. The molecule has 0 aliphatic carbocycles. The Morgan fingerprint density at radius 1 is 1.43 bits per heavy atom. The van der Waals surface area contributed by atoms with E-state index in [0.717, 1.165) is 24.3 Å². The van der Waals surface area contributed by atoms with Gasteiger partial charge in [0.1, 0.15) is 0 Å². The second-order valence-corrected chi connectivity index (χ2v) is 3.06. The molecule has 0 aromatic heterocycles. The van der Waals surface area contributed by atoms with E-state index in [1.807, 2.05) is 0 Å². The van der Waals surface area contributed by atoms with E-state index in [1.165, 1.54) is 0 Å². The van der Waals surface area contributed by atoms with Gasteiger partial charge in [-0.25, -0.2) is 0 Å². The standard InChI is InChI=1S/C10H10ClF3/c1-2-9(11)7-3-5-8(6-4-7)10(12,13)14/h3-6,9H,2H2,1H3/i1D3,2D2. The van der Waals surface area contributed by atoms with E-state index in [1.54, 1.807) is 0 Å². The van der Waals surface area contributed by atoms with E-state index in [-0.39, 0.29) is 5.56 Å². The summed E-state index contributed by atoms with van der Waals surface area (Å²) in [6.45, 7) is -2.97. The first-order valence-corrected chi connectivity index (χ1v) is 4.12. The summed E-state index contributed by atoms with van der Waals surface area (Å²) >= 11 is 5.73. The summed E-state index contributed by atoms with van der Waals surface area (Å²) in [7, 11) is 0. The van der Waals surface area contributed by atoms with Crippen molar-refractivity contribution < 1.29 is 20.0 Å². The van der Waals surface area contributed by atoms with Crippen molar-refractivity contribution in [3.63, 3.8) is 0 Å². The van der Waals surface area contributed by atoms with Gasteiger partial charge in [-0.1, -0.05) is 19.0 Å². The van der Waals surface area contributed by atoms with Crippen LogP contribution in [0.3, 0.4) is 0 Å². The van der Waals surface area contributed by atoms with Crippen LogP contribution in [0, 0.1) is 0 Å². The summed E-state index contributed by atoms with van der Waals surface area (Å²) in [5.74, 6) is 0. The van der Waals surface area contributed by atoms with Crippen LogP contribution >= 0.6 is 11.6 Å². The molecule has 0 aliphatic heterocycles. The van der Waals surface area contributed by atoms with E-state index in [4.69, 9.17) is 18.5 Å². The predicted molar refractivity (Wildman–Crippen MR) is 50.3 cm³/mol. The molecule has 1 rings (SSSR count). The second-order valence-electron chi connectivity index (χ2n) is 2.63. The maximum Gasteiger partial charge on any atom is 0.416 e. The summed E-state index contributed by atoms with van der Waals surface area (Å²) in [4.78, 5) is 0. The van der Waals surface area contributed by atoms with Crippen LogP contribution in [0.2, 0.25) is 0 Å². The predicted octanol–water partition coefficient (Wildman–Crippen LogP) is 4.40. The molecule has 0 heterocycles. The minimum Gasteiger partial charge on any atom is -0.166 e. The van der Waals surface area contributed by atoms with E-state index in [0.29, 0.717) is 0 Å². The van der Waals surface area contributed by atoms with Gasteiger partial charge in [-0.3, -0.25) is 0 Å². The molecule has 1 unspecified atom stereocenters. The lowest BCUT2D eigenvalue weighted by atomic mass is 10.1. The molecule has 1 aromatic carbocycles. The molecule has 0 radical (unpaired) electrons. The summed E-state index contributed by atoms with van der Waals surface area (Å²) in [6, 6.07) is 3.43. The molecular weight excluding hydrogens is 213 g/mol. The van der Waals surface area contributed by atoms with Gasteiger partial charge in [0, 0.05) is 6.85 Å². The van der Waals surface area contributed by atoms with Gasteiger partial charge in [0.2, 0.25) is 0 Å². The first-order valence-electron chi connectivity index (χ1n) is 6.18. The summed E-state index contributed by atoms with van der Waals surface area (Å²) in [5, 5.41) is -1.57. The van der Waals surface area contributed by atoms with E-state index in [9.17, 15) is 13.2 Å². The Morgan fingerprint density at radius 2 is 2.00 bits per heavy atom. The Kier molecular flexibility index (Phi) is 1.81. The lowest BCUT2D eigenvalue weighted by Gasteiger charge is -2.09. The molecule has 78 valence electrons. The average Bonchev–Trinajstić information content (AvgIpc) is 2.25. The maximum atomic E-state index is 12.3. The first kappa shape index (κ1) is 6.01. The Morgan fingerprint density at radius 3 is 2.43 bits per heavy atom. The van der Waals surface area contributed by atoms with Crippen molar-refractivity contribution in [3.8, 4) is 0 Å². The molecular formula is C10H10ClF3. The zero-order chi connectivity index (χ0) is 15.1. The highest BCUT2D eigenvalue weighted by Crippen LogP contribution is 2.31. The van der Waals surface area contributed by atoms with Crippen molar-refractivity contribution >= 4 is 11.6 Å². The zero-order valence-electron chi connectivity index (χ0n) is 11.9. The smallest absolute Gasteiger partial charge is 0.166 e. The van der Waals surface area contributed by atoms with Gasteiger partial charge >= 0.3 is 6.18 Å². The van der Waals surface area contributed by atoms with Crippen LogP contribution in [0.15, 0.2) is 24.3 Å². The SMILES string of the molecule is [2H]C([2H])([2H])C([2H])([2H])C(Cl)c1ccc(C(F)(F)F)cc1. The largest absolute Gasteiger partial charge is 0.416 e. The fraction of sp³-hybridized carbons (Fsp3) is 0.400. The highest BCUT2D eigenvalue weighted by Gasteiger charge is 2.30. The Balaban J connectivity index is 3.06. The highest BCUT2D eigenvalue weighted by atomic mass is 35.5. The van der Waals surface area contributed by atoms with Crippen LogP contribution in [0.4, 0.5) is 13.2 Å². The number of alkyl halides is 4. The molecule has 0 fully saturated rings. The summed E-state index contributed by atoms with van der Waals surface area (Å²) < 4.78 is 73.1. The third kappa shape index (κ3) is 2.64. The molecule has 0 nitrogen and oxygen atoms in total. The normalized spacial score (nSPS) is 21.3. The zero-order valence-corrected chi connectivity index (χ0v) is 7.65. The minimum absolute atomic E-state index is 0.0178. The first-order chi connectivity index (χ1) is 8.37. The van der Waals surface area contributed by atoms with E-state index in [2.05, 4.69) is 0 Å². The van der Waals surface area contributed by atoms with Crippen molar-refractivity contribution in [1.82, 2.24) is 0 Å². The lowest BCUT2D eigenvalue weighted by Crippen LogP contribution is -2.04. The monoisotopic (exact) mass is 227 g/mol. The van der Waals surface area contributed by atoms with Crippen molar-refractivity contribution in [1.29, 1.82) is 0 Å². The fourth-order valence-corrected chi connectivity index (χ4v) is 1.07. The van der Waals surface area contributed by atoms with Gasteiger partial charge < -0.3 is 0 Å². The van der Waals surface area contributed by atoms with Gasteiger partial charge in [0.25, 0.3) is 0 Å². The quantitative estimate of drug-likeness (QED) is 0.657. The van der Waals surface area contributed by atoms with Gasteiger partial charge in [-0.2, -0.15) is 13.2 Å². The third-order valence-corrected chi connectivity index (χ3v) is 2.02. The Labute approximate surface area is 92.7 Å². The number of benzene rings is 1. The number of rotatable bonds is 2. The fourth-order valence-electron chi connectivity index (χ4n) is 0.924. The molecule has 0 spiro atoms. The van der Waals surface area contributed by atoms with Gasteiger partial charge in [0.05, 0.1) is 10.9 Å². The molecule has 1 aromatic rings. The van der Waals surface area contributed by atoms with Crippen LogP contribution in [-0.2, 0) is 6.18 Å². The molecule has 0 saturated heterocycles. The van der Waals surface area contributed by atoms with Gasteiger partial charge in [-0.05, 0) is 24.1 Å². The van der Waals surface area contributed by atoms with Crippen LogP contribution < -0.4 is 0 Å². The number of hydrogen-bond acceptors (Lipinski definition) is 0. The second kappa shape index (κ2) is 4.22. The molecule has 0 aliphatic rings. The molecule has 0 N–H and O–H groups in total. The van der Waals surface area contributed by atoms with Gasteiger partial charge in [0.15, 0.2) is 0 Å². The summed E-state index contributed by atoms with van der Waals surface area (Å²) in [5.41, 5.74) is -0.926. The maximum absolute atomic E-state index is 12.3. The van der Waals surface area contributed by atoms with Crippen molar-refractivity contribution in [2.45, 2.75) is 24.8 Å². The van der Waals surface area contributed by atoms with Crippen LogP contribution in [-0.4, -0.2) is 0 Å². The topological polar surface area (TPSA) is 0 Å². The lowest BCUT2D eigenvalue weighted by molar-refractivity contribution is -0.137. The summed E-state index contributed by atoms with van der Waals surface area (Å²) in [6.07, 6.45) is -7.25. The van der Waals surface area contributed by atoms with Crippen LogP contribution in [0.25, 0.3) is 0 Å². The van der Waals surface area contributed by atoms with E-state index < -0.39 is 30.3 Å².